The second kappa shape index (κ2) is 5.44. The van der Waals surface area contributed by atoms with Crippen LogP contribution in [0.15, 0.2) is 12.1 Å². The molecule has 150 valence electrons. The minimum Gasteiger partial charge on any atom is -0.504 e. The van der Waals surface area contributed by atoms with Crippen molar-refractivity contribution in [2.45, 2.75) is 76.0 Å². The van der Waals surface area contributed by atoms with Crippen LogP contribution >= 0.6 is 0 Å². The van der Waals surface area contributed by atoms with Gasteiger partial charge in [-0.2, -0.15) is 0 Å². The van der Waals surface area contributed by atoms with Crippen LogP contribution in [0.1, 0.15) is 57.1 Å². The third-order valence-corrected chi connectivity index (χ3v) is 8.72. The third-order valence-electron chi connectivity index (χ3n) is 8.72. The molecule has 1 amide bonds. The lowest BCUT2D eigenvalue weighted by molar-refractivity contribution is -0.134. The van der Waals surface area contributed by atoms with Gasteiger partial charge in [0.1, 0.15) is 6.10 Å². The van der Waals surface area contributed by atoms with Gasteiger partial charge in [0.25, 0.3) is 0 Å². The molecule has 2 aliphatic heterocycles. The summed E-state index contributed by atoms with van der Waals surface area (Å²) in [7, 11) is 0. The largest absolute Gasteiger partial charge is 0.504 e. The summed E-state index contributed by atoms with van der Waals surface area (Å²) >= 11 is 0. The number of likely N-dealkylation sites (tertiary alicyclic amines) is 1. The quantitative estimate of drug-likeness (QED) is 0.844. The Balaban J connectivity index is 1.52. The number of hydrogen-bond acceptors (Lipinski definition) is 4. The molecule has 2 saturated carbocycles. The molecule has 0 aromatic heterocycles. The van der Waals surface area contributed by atoms with Crippen molar-refractivity contribution in [2.75, 3.05) is 13.1 Å². The zero-order valence-corrected chi connectivity index (χ0v) is 16.8. The molecule has 28 heavy (non-hydrogen) atoms. The Kier molecular flexibility index (Phi) is 3.33. The smallest absolute Gasteiger partial charge is 0.217 e. The molecule has 5 aliphatic rings. The summed E-state index contributed by atoms with van der Waals surface area (Å²) in [6.45, 7) is 6.40. The predicted octanol–water partition coefficient (Wildman–Crippen LogP) is 2.74. The van der Waals surface area contributed by atoms with Crippen LogP contribution in [0.2, 0.25) is 0 Å². The molecule has 0 radical (unpaired) electrons. The number of phenols is 1. The maximum atomic E-state index is 11.9. The average Bonchev–Trinajstić information content (AvgIpc) is 3.38. The number of hydrogen-bond donors (Lipinski definition) is 2. The Morgan fingerprint density at radius 1 is 1.32 bits per heavy atom. The molecule has 1 aromatic carbocycles. The second-order valence-corrected chi connectivity index (χ2v) is 10.1. The lowest BCUT2D eigenvalue weighted by Crippen LogP contribution is -2.73. The number of nitrogens with one attached hydrogen (secondary N) is 1. The molecule has 5 nitrogen and oxygen atoms in total. The molecule has 1 unspecified atom stereocenters. The van der Waals surface area contributed by atoms with E-state index in [-0.39, 0.29) is 34.6 Å². The number of rotatable bonds is 3. The van der Waals surface area contributed by atoms with E-state index in [2.05, 4.69) is 23.2 Å². The van der Waals surface area contributed by atoms with Crippen LogP contribution in [0, 0.1) is 11.3 Å². The van der Waals surface area contributed by atoms with Crippen molar-refractivity contribution in [2.24, 2.45) is 11.3 Å². The fourth-order valence-electron chi connectivity index (χ4n) is 7.34. The van der Waals surface area contributed by atoms with Crippen LogP contribution in [0.3, 0.4) is 0 Å². The van der Waals surface area contributed by atoms with E-state index in [0.29, 0.717) is 11.8 Å². The molecule has 2 N–H and O–H groups in total. The monoisotopic (exact) mass is 382 g/mol. The summed E-state index contributed by atoms with van der Waals surface area (Å²) in [5.74, 6) is 1.85. The van der Waals surface area contributed by atoms with Crippen molar-refractivity contribution in [1.82, 2.24) is 10.2 Å². The van der Waals surface area contributed by atoms with E-state index >= 15 is 0 Å². The first kappa shape index (κ1) is 17.1. The Morgan fingerprint density at radius 3 is 2.89 bits per heavy atom. The first-order valence-corrected chi connectivity index (χ1v) is 11.0. The molecule has 3 fully saturated rings. The molecule has 1 saturated heterocycles. The van der Waals surface area contributed by atoms with Crippen molar-refractivity contribution < 1.29 is 14.6 Å². The summed E-state index contributed by atoms with van der Waals surface area (Å²) in [5, 5.41) is 13.8. The summed E-state index contributed by atoms with van der Waals surface area (Å²) in [6.07, 6.45) is 6.83. The van der Waals surface area contributed by atoms with Gasteiger partial charge in [-0.1, -0.05) is 13.0 Å². The molecule has 2 bridgehead atoms. The van der Waals surface area contributed by atoms with Gasteiger partial charge in [-0.25, -0.2) is 0 Å². The number of carbonyl (C=O) groups excluding carboxylic acids is 1. The van der Waals surface area contributed by atoms with Gasteiger partial charge in [0.05, 0.1) is 6.04 Å². The molecular formula is C23H30N2O3. The van der Waals surface area contributed by atoms with Crippen LogP contribution in [-0.2, 0) is 16.6 Å². The second-order valence-electron chi connectivity index (χ2n) is 10.1. The molecule has 1 spiro atoms. The molecule has 2 heterocycles. The van der Waals surface area contributed by atoms with Gasteiger partial charge >= 0.3 is 0 Å². The van der Waals surface area contributed by atoms with Gasteiger partial charge in [0.15, 0.2) is 11.5 Å². The van der Waals surface area contributed by atoms with Gasteiger partial charge < -0.3 is 15.2 Å². The predicted molar refractivity (Wildman–Crippen MR) is 106 cm³/mol. The highest BCUT2D eigenvalue weighted by Crippen LogP contribution is 2.69. The Bertz CT molecular complexity index is 866. The van der Waals surface area contributed by atoms with Crippen LogP contribution in [0.25, 0.3) is 0 Å². The number of nitrogens with zero attached hydrogens (tertiary/aromatic N) is 1. The fraction of sp³-hybridized carbons (Fsp3) is 0.696. The number of ether oxygens (including phenoxy) is 1. The van der Waals surface area contributed by atoms with Gasteiger partial charge in [0, 0.05) is 30.5 Å². The van der Waals surface area contributed by atoms with E-state index in [0.717, 1.165) is 38.1 Å². The normalized spacial score (nSPS) is 40.6. The SMILES string of the molecule is CC(=O)N[C@H]1CC[C@@]2(C)C3Cc4ccc(O)c5c4[C@@]2(CCN3CC2CC2)[C@H]1O5. The molecule has 6 rings (SSSR count). The summed E-state index contributed by atoms with van der Waals surface area (Å²) in [4.78, 5) is 14.7. The zero-order chi connectivity index (χ0) is 19.3. The van der Waals surface area contributed by atoms with E-state index in [1.54, 1.807) is 13.0 Å². The maximum absolute atomic E-state index is 11.9. The topological polar surface area (TPSA) is 61.8 Å². The molecular weight excluding hydrogens is 352 g/mol. The van der Waals surface area contributed by atoms with Gasteiger partial charge in [0.2, 0.25) is 5.91 Å². The van der Waals surface area contributed by atoms with Gasteiger partial charge in [-0.15, -0.1) is 0 Å². The number of aromatic hydroxyl groups is 1. The fourth-order valence-corrected chi connectivity index (χ4v) is 7.34. The highest BCUT2D eigenvalue weighted by molar-refractivity contribution is 5.73. The number of piperidine rings is 1. The van der Waals surface area contributed by atoms with Crippen LogP contribution in [0.5, 0.6) is 11.5 Å². The average molecular weight is 383 g/mol. The highest BCUT2D eigenvalue weighted by atomic mass is 16.5. The van der Waals surface area contributed by atoms with Crippen molar-refractivity contribution in [3.63, 3.8) is 0 Å². The standard InChI is InChI=1S/C23H30N2O3/c1-13(26)24-16-7-8-22(2)18-11-15-5-6-17(27)20-19(15)23(22,21(16)28-20)9-10-25(18)12-14-3-4-14/h5-6,14,16,18,21,27H,3-4,7-12H2,1-2H3,(H,24,26)/t16-,18?,21-,22-,23-/m0/s1. The Morgan fingerprint density at radius 2 is 2.14 bits per heavy atom. The first-order chi connectivity index (χ1) is 13.4. The minimum absolute atomic E-state index is 0.00698. The lowest BCUT2D eigenvalue weighted by atomic mass is 9.43. The lowest BCUT2D eigenvalue weighted by Gasteiger charge is -2.65. The van der Waals surface area contributed by atoms with Crippen molar-refractivity contribution in [3.05, 3.63) is 23.3 Å². The van der Waals surface area contributed by atoms with Crippen LogP contribution in [0.4, 0.5) is 0 Å². The van der Waals surface area contributed by atoms with Crippen molar-refractivity contribution in [3.8, 4) is 11.5 Å². The van der Waals surface area contributed by atoms with E-state index in [1.165, 1.54) is 30.5 Å². The van der Waals surface area contributed by atoms with Crippen LogP contribution in [-0.4, -0.2) is 47.2 Å². The molecule has 1 aromatic rings. The van der Waals surface area contributed by atoms with Gasteiger partial charge in [-0.3, -0.25) is 9.69 Å². The van der Waals surface area contributed by atoms with Crippen molar-refractivity contribution >= 4 is 5.91 Å². The number of amides is 1. The van der Waals surface area contributed by atoms with Crippen molar-refractivity contribution in [1.29, 1.82) is 0 Å². The number of phenolic OH excluding ortho intramolecular Hbond substituents is 1. The number of benzene rings is 1. The number of carbonyl (C=O) groups is 1. The van der Waals surface area contributed by atoms with E-state index in [1.807, 2.05) is 0 Å². The summed E-state index contributed by atoms with van der Waals surface area (Å²) in [6, 6.07) is 4.46. The maximum Gasteiger partial charge on any atom is 0.217 e. The van der Waals surface area contributed by atoms with Crippen LogP contribution < -0.4 is 10.1 Å². The van der Waals surface area contributed by atoms with E-state index in [4.69, 9.17) is 4.74 Å². The summed E-state index contributed by atoms with van der Waals surface area (Å²) < 4.78 is 6.53. The highest BCUT2D eigenvalue weighted by Gasteiger charge is 2.71. The van der Waals surface area contributed by atoms with E-state index in [9.17, 15) is 9.90 Å². The van der Waals surface area contributed by atoms with Gasteiger partial charge in [-0.05, 0) is 68.0 Å². The zero-order valence-electron chi connectivity index (χ0n) is 16.8. The third kappa shape index (κ3) is 1.99. The Hall–Kier alpha value is -1.75. The molecule has 5 atom stereocenters. The van der Waals surface area contributed by atoms with E-state index < -0.39 is 0 Å². The minimum atomic E-state index is -0.106. The summed E-state index contributed by atoms with van der Waals surface area (Å²) in [5.41, 5.74) is 2.62. The Labute approximate surface area is 166 Å². The molecule has 5 heteroatoms. The molecule has 3 aliphatic carbocycles. The first-order valence-electron chi connectivity index (χ1n) is 11.0.